The minimum Gasteiger partial charge on any atom is -0.497 e. The van der Waals surface area contributed by atoms with Crippen LogP contribution in [0.1, 0.15) is 51.2 Å². The number of carbonyl (C=O) groups excluding carboxylic acids is 1. The van der Waals surface area contributed by atoms with Gasteiger partial charge in [0, 0.05) is 0 Å². The molecule has 1 aromatic rings. The molecule has 0 heterocycles. The first-order chi connectivity index (χ1) is 10.1. The van der Waals surface area contributed by atoms with Crippen LogP contribution < -0.4 is 4.74 Å². The van der Waals surface area contributed by atoms with Crippen molar-refractivity contribution in [2.75, 3.05) is 13.7 Å². The van der Waals surface area contributed by atoms with Crippen LogP contribution in [0, 0.1) is 0 Å². The van der Waals surface area contributed by atoms with Crippen LogP contribution >= 0.6 is 0 Å². The van der Waals surface area contributed by atoms with Crippen LogP contribution in [0.5, 0.6) is 5.75 Å². The lowest BCUT2D eigenvalue weighted by molar-refractivity contribution is -0.149. The first kappa shape index (κ1) is 17.5. The van der Waals surface area contributed by atoms with Crippen LogP contribution in [0.4, 0.5) is 0 Å². The van der Waals surface area contributed by atoms with Crippen LogP contribution in [0.25, 0.3) is 0 Å². The number of methoxy groups -OCH3 is 1. The summed E-state index contributed by atoms with van der Waals surface area (Å²) in [7, 11) is 1.59. The van der Waals surface area contributed by atoms with Crippen LogP contribution in [-0.4, -0.2) is 24.8 Å². The zero-order chi connectivity index (χ0) is 15.9. The van der Waals surface area contributed by atoms with E-state index >= 15 is 0 Å². The molecule has 0 radical (unpaired) electrons. The molecule has 2 rings (SSSR count). The van der Waals surface area contributed by atoms with Gasteiger partial charge in [0.1, 0.15) is 11.4 Å². The molecule has 0 aromatic heterocycles. The van der Waals surface area contributed by atoms with Crippen LogP contribution in [0.3, 0.4) is 0 Å². The second-order valence-corrected chi connectivity index (χ2v) is 4.89. The van der Waals surface area contributed by atoms with Gasteiger partial charge in [0.25, 0.3) is 0 Å². The fourth-order valence-corrected chi connectivity index (χ4v) is 2.67. The van der Waals surface area contributed by atoms with Gasteiger partial charge < -0.3 is 14.6 Å². The van der Waals surface area contributed by atoms with Gasteiger partial charge in [-0.2, -0.15) is 0 Å². The van der Waals surface area contributed by atoms with Crippen molar-refractivity contribution in [3.05, 3.63) is 29.3 Å². The third-order valence-electron chi connectivity index (χ3n) is 3.60. The Morgan fingerprint density at radius 2 is 2.10 bits per heavy atom. The summed E-state index contributed by atoms with van der Waals surface area (Å²) in [5.74, 6) is 0.337. The Balaban J connectivity index is 0.00000106. The number of ether oxygens (including phenoxy) is 2. The number of aryl methyl sites for hydroxylation is 1. The molecule has 1 atom stereocenters. The SMILES string of the molecule is CC.CCOC(=O)CC1(O)CCCc2ccc(OC)cc21. The molecule has 1 unspecified atom stereocenters. The summed E-state index contributed by atoms with van der Waals surface area (Å²) in [6.07, 6.45) is 2.37. The maximum Gasteiger partial charge on any atom is 0.309 e. The molecule has 118 valence electrons. The lowest BCUT2D eigenvalue weighted by atomic mass is 9.77. The highest BCUT2D eigenvalue weighted by atomic mass is 16.5. The van der Waals surface area contributed by atoms with Crippen molar-refractivity contribution in [1.29, 1.82) is 0 Å². The van der Waals surface area contributed by atoms with E-state index in [1.54, 1.807) is 14.0 Å². The first-order valence-electron chi connectivity index (χ1n) is 7.64. The highest BCUT2D eigenvalue weighted by Crippen LogP contribution is 2.39. The largest absolute Gasteiger partial charge is 0.497 e. The topological polar surface area (TPSA) is 55.8 Å². The van der Waals surface area contributed by atoms with Gasteiger partial charge in [0.05, 0.1) is 20.1 Å². The van der Waals surface area contributed by atoms with E-state index in [4.69, 9.17) is 9.47 Å². The van der Waals surface area contributed by atoms with E-state index in [-0.39, 0.29) is 12.4 Å². The minimum absolute atomic E-state index is 0.001000. The molecule has 0 amide bonds. The predicted octanol–water partition coefficient (Wildman–Crippen LogP) is 3.20. The highest BCUT2D eigenvalue weighted by molar-refractivity contribution is 5.71. The number of esters is 1. The Morgan fingerprint density at radius 3 is 2.71 bits per heavy atom. The van der Waals surface area contributed by atoms with Crippen LogP contribution in [-0.2, 0) is 21.6 Å². The summed E-state index contributed by atoms with van der Waals surface area (Å²) in [5.41, 5.74) is 0.749. The molecule has 1 N–H and O–H groups in total. The first-order valence-corrected chi connectivity index (χ1v) is 7.64. The number of hydrogen-bond donors (Lipinski definition) is 1. The van der Waals surface area contributed by atoms with Gasteiger partial charge in [0.15, 0.2) is 0 Å². The van der Waals surface area contributed by atoms with E-state index in [1.807, 2.05) is 32.0 Å². The van der Waals surface area contributed by atoms with E-state index in [1.165, 1.54) is 0 Å². The Bertz CT molecular complexity index is 470. The van der Waals surface area contributed by atoms with Gasteiger partial charge in [-0.3, -0.25) is 4.79 Å². The molecule has 21 heavy (non-hydrogen) atoms. The fraction of sp³-hybridized carbons (Fsp3) is 0.588. The highest BCUT2D eigenvalue weighted by Gasteiger charge is 2.37. The van der Waals surface area contributed by atoms with Gasteiger partial charge >= 0.3 is 5.97 Å². The van der Waals surface area contributed by atoms with E-state index < -0.39 is 5.60 Å². The number of fused-ring (bicyclic) bond motifs is 1. The van der Waals surface area contributed by atoms with Gasteiger partial charge in [0.2, 0.25) is 0 Å². The van der Waals surface area contributed by atoms with Gasteiger partial charge in [-0.05, 0) is 49.4 Å². The summed E-state index contributed by atoms with van der Waals surface area (Å²) in [4.78, 5) is 11.7. The Morgan fingerprint density at radius 1 is 1.38 bits per heavy atom. The standard InChI is InChI=1S/C15H20O4.C2H6/c1-3-19-14(16)10-15(17)8-4-5-11-6-7-12(18-2)9-13(11)15;1-2/h6-7,9,17H,3-5,8,10H2,1-2H3;1-2H3. The van der Waals surface area contributed by atoms with Gasteiger partial charge in [-0.25, -0.2) is 0 Å². The van der Waals surface area contributed by atoms with Crippen molar-refractivity contribution in [2.45, 2.75) is 52.1 Å². The van der Waals surface area contributed by atoms with Crippen molar-refractivity contribution in [3.63, 3.8) is 0 Å². The van der Waals surface area contributed by atoms with Crippen molar-refractivity contribution >= 4 is 5.97 Å². The molecule has 1 aliphatic carbocycles. The summed E-state index contributed by atoms with van der Waals surface area (Å²) in [5, 5.41) is 10.8. The maximum absolute atomic E-state index is 11.7. The Kier molecular flexibility index (Phi) is 6.69. The zero-order valence-corrected chi connectivity index (χ0v) is 13.4. The second-order valence-electron chi connectivity index (χ2n) is 4.89. The molecule has 0 fully saturated rings. The molecule has 0 saturated heterocycles. The number of aliphatic hydroxyl groups is 1. The van der Waals surface area contributed by atoms with Crippen molar-refractivity contribution in [1.82, 2.24) is 0 Å². The molecule has 4 heteroatoms. The predicted molar refractivity (Wildman–Crippen MR) is 82.4 cm³/mol. The maximum atomic E-state index is 11.7. The van der Waals surface area contributed by atoms with Crippen molar-refractivity contribution in [2.24, 2.45) is 0 Å². The van der Waals surface area contributed by atoms with E-state index in [0.717, 1.165) is 24.0 Å². The van der Waals surface area contributed by atoms with Gasteiger partial charge in [-0.1, -0.05) is 19.9 Å². The van der Waals surface area contributed by atoms with E-state index in [9.17, 15) is 9.90 Å². The molecule has 1 aromatic carbocycles. The molecular weight excluding hydrogens is 268 g/mol. The van der Waals surface area contributed by atoms with E-state index in [2.05, 4.69) is 0 Å². The molecular formula is C17H26O4. The number of benzene rings is 1. The summed E-state index contributed by atoms with van der Waals surface area (Å²) in [6.45, 7) is 6.10. The van der Waals surface area contributed by atoms with Crippen molar-refractivity contribution < 1.29 is 19.4 Å². The van der Waals surface area contributed by atoms with Crippen LogP contribution in [0.2, 0.25) is 0 Å². The lowest BCUT2D eigenvalue weighted by Crippen LogP contribution is -2.33. The molecule has 0 saturated carbocycles. The smallest absolute Gasteiger partial charge is 0.309 e. The quantitative estimate of drug-likeness (QED) is 0.866. The normalized spacial score (nSPS) is 19.9. The van der Waals surface area contributed by atoms with Crippen molar-refractivity contribution in [3.8, 4) is 5.75 Å². The van der Waals surface area contributed by atoms with E-state index in [0.29, 0.717) is 18.8 Å². The molecule has 0 bridgehead atoms. The lowest BCUT2D eigenvalue weighted by Gasteiger charge is -2.34. The van der Waals surface area contributed by atoms with Gasteiger partial charge in [-0.15, -0.1) is 0 Å². The second kappa shape index (κ2) is 8.03. The number of rotatable bonds is 4. The summed E-state index contributed by atoms with van der Waals surface area (Å²) < 4.78 is 10.2. The van der Waals surface area contributed by atoms with Crippen LogP contribution in [0.15, 0.2) is 18.2 Å². The summed E-state index contributed by atoms with van der Waals surface area (Å²) >= 11 is 0. The average Bonchev–Trinajstić information content (AvgIpc) is 2.49. The number of hydrogen-bond acceptors (Lipinski definition) is 4. The molecule has 0 aliphatic heterocycles. The average molecular weight is 294 g/mol. The Labute approximate surface area is 127 Å². The molecule has 1 aliphatic rings. The molecule has 0 spiro atoms. The summed E-state index contributed by atoms with van der Waals surface area (Å²) in [6, 6.07) is 5.67. The zero-order valence-electron chi connectivity index (χ0n) is 13.4. The fourth-order valence-electron chi connectivity index (χ4n) is 2.67. The third kappa shape index (κ3) is 4.21. The molecule has 4 nitrogen and oxygen atoms in total. The third-order valence-corrected chi connectivity index (χ3v) is 3.60. The monoisotopic (exact) mass is 294 g/mol. The Hall–Kier alpha value is -1.55. The minimum atomic E-state index is -1.13. The number of carbonyl (C=O) groups is 1.